The number of aryl methyl sites for hydroxylation is 1. The van der Waals surface area contributed by atoms with Gasteiger partial charge < -0.3 is 11.1 Å². The summed E-state index contributed by atoms with van der Waals surface area (Å²) >= 11 is 6.26. The molecule has 0 bridgehead atoms. The Morgan fingerprint density at radius 2 is 2.04 bits per heavy atom. The van der Waals surface area contributed by atoms with E-state index in [0.717, 1.165) is 35.1 Å². The molecule has 1 aliphatic carbocycles. The van der Waals surface area contributed by atoms with Crippen molar-refractivity contribution in [1.29, 1.82) is 0 Å². The lowest BCUT2D eigenvalue weighted by atomic mass is 9.96. The number of hydroxylamine groups is 1. The highest BCUT2D eigenvalue weighted by Gasteiger charge is 2.26. The Hall–Kier alpha value is -2.99. The van der Waals surface area contributed by atoms with Crippen LogP contribution in [0.15, 0.2) is 47.2 Å². The number of hydrazone groups is 1. The minimum absolute atomic E-state index is 0.197. The summed E-state index contributed by atoms with van der Waals surface area (Å²) in [5.74, 6) is 0. The number of allylic oxidation sites excluding steroid dienone is 1. The van der Waals surface area contributed by atoms with Gasteiger partial charge in [0.15, 0.2) is 0 Å². The number of carbonyl (C=O) groups is 1. The zero-order chi connectivity index (χ0) is 19.8. The minimum atomic E-state index is -0.518. The SMILES string of the molecule is CC1=Cc2ccc(Cl)cc2C(c2ccc(N)c(C)c2)=NN1OC(=O)NC1CC1. The Bertz CT molecular complexity index is 1010. The number of amides is 1. The van der Waals surface area contributed by atoms with Gasteiger partial charge in [0.05, 0.1) is 5.70 Å². The predicted molar refractivity (Wildman–Crippen MR) is 111 cm³/mol. The van der Waals surface area contributed by atoms with Gasteiger partial charge in [-0.3, -0.25) is 4.84 Å². The Balaban J connectivity index is 1.78. The average Bonchev–Trinajstić information content (AvgIpc) is 3.47. The van der Waals surface area contributed by atoms with E-state index in [0.29, 0.717) is 22.1 Å². The van der Waals surface area contributed by atoms with E-state index in [1.807, 2.05) is 56.3 Å². The van der Waals surface area contributed by atoms with Crippen molar-refractivity contribution in [2.45, 2.75) is 32.7 Å². The highest BCUT2D eigenvalue weighted by atomic mass is 35.5. The molecule has 144 valence electrons. The van der Waals surface area contributed by atoms with Crippen LogP contribution < -0.4 is 11.1 Å². The number of halogens is 1. The van der Waals surface area contributed by atoms with E-state index in [2.05, 4.69) is 10.4 Å². The first-order valence-corrected chi connectivity index (χ1v) is 9.50. The van der Waals surface area contributed by atoms with E-state index in [4.69, 9.17) is 22.2 Å². The Morgan fingerprint density at radius 1 is 1.25 bits per heavy atom. The second-order valence-electron chi connectivity index (χ2n) is 7.11. The van der Waals surface area contributed by atoms with Gasteiger partial charge in [0.25, 0.3) is 0 Å². The molecular weight excluding hydrogens is 376 g/mol. The molecule has 0 aromatic heterocycles. The van der Waals surface area contributed by atoms with Crippen LogP contribution in [0.3, 0.4) is 0 Å². The van der Waals surface area contributed by atoms with Crippen molar-refractivity contribution in [3.8, 4) is 0 Å². The summed E-state index contributed by atoms with van der Waals surface area (Å²) in [7, 11) is 0. The standard InChI is InChI=1S/C21H21ClN4O2/c1-12-9-15(4-8-19(12)23)20-18-11-16(22)5-3-14(18)10-13(2)26(25-20)28-21(27)24-17-6-7-17/h3-5,8-11,17H,6-7,23H2,1-2H3,(H,24,27). The number of benzene rings is 2. The molecule has 2 aliphatic rings. The van der Waals surface area contributed by atoms with E-state index in [-0.39, 0.29) is 6.04 Å². The molecule has 0 saturated heterocycles. The van der Waals surface area contributed by atoms with Gasteiger partial charge in [-0.05, 0) is 68.2 Å². The monoisotopic (exact) mass is 396 g/mol. The van der Waals surface area contributed by atoms with Gasteiger partial charge in [-0.15, -0.1) is 5.10 Å². The largest absolute Gasteiger partial charge is 0.433 e. The first kappa shape index (κ1) is 18.4. The topological polar surface area (TPSA) is 79.9 Å². The lowest BCUT2D eigenvalue weighted by molar-refractivity contribution is -0.0667. The molecule has 1 aliphatic heterocycles. The summed E-state index contributed by atoms with van der Waals surface area (Å²) < 4.78 is 0. The molecule has 1 heterocycles. The van der Waals surface area contributed by atoms with Crippen molar-refractivity contribution in [2.75, 3.05) is 5.73 Å². The van der Waals surface area contributed by atoms with E-state index in [9.17, 15) is 4.79 Å². The van der Waals surface area contributed by atoms with Gasteiger partial charge in [0.2, 0.25) is 0 Å². The van der Waals surface area contributed by atoms with Crippen LogP contribution in [0.4, 0.5) is 10.5 Å². The van der Waals surface area contributed by atoms with Crippen LogP contribution in [-0.2, 0) is 4.84 Å². The van der Waals surface area contributed by atoms with Crippen LogP contribution in [0, 0.1) is 6.92 Å². The fourth-order valence-corrected chi connectivity index (χ4v) is 3.16. The molecule has 2 aromatic carbocycles. The normalized spacial score (nSPS) is 15.9. The van der Waals surface area contributed by atoms with Crippen LogP contribution in [-0.4, -0.2) is 23.0 Å². The van der Waals surface area contributed by atoms with Crippen molar-refractivity contribution in [1.82, 2.24) is 10.5 Å². The third-order valence-electron chi connectivity index (χ3n) is 4.74. The van der Waals surface area contributed by atoms with Gasteiger partial charge in [-0.1, -0.05) is 28.9 Å². The summed E-state index contributed by atoms with van der Waals surface area (Å²) in [5, 5.41) is 9.31. The zero-order valence-electron chi connectivity index (χ0n) is 15.7. The maximum atomic E-state index is 12.2. The molecule has 1 saturated carbocycles. The Kier molecular flexibility index (Phi) is 4.73. The fraction of sp³-hybridized carbons (Fsp3) is 0.238. The smallest absolute Gasteiger partial charge is 0.399 e. The second kappa shape index (κ2) is 7.20. The summed E-state index contributed by atoms with van der Waals surface area (Å²) in [6, 6.07) is 11.5. The Morgan fingerprint density at radius 3 is 2.75 bits per heavy atom. The van der Waals surface area contributed by atoms with Crippen LogP contribution in [0.25, 0.3) is 6.08 Å². The first-order valence-electron chi connectivity index (χ1n) is 9.12. The molecule has 28 heavy (non-hydrogen) atoms. The molecule has 0 atom stereocenters. The highest BCUT2D eigenvalue weighted by molar-refractivity contribution is 6.31. The molecule has 7 heteroatoms. The van der Waals surface area contributed by atoms with Crippen molar-refractivity contribution >= 4 is 35.2 Å². The van der Waals surface area contributed by atoms with Gasteiger partial charge in [0, 0.05) is 27.9 Å². The molecule has 0 radical (unpaired) electrons. The quantitative estimate of drug-likeness (QED) is 0.750. The van der Waals surface area contributed by atoms with Crippen LogP contribution in [0.5, 0.6) is 0 Å². The summed E-state index contributed by atoms with van der Waals surface area (Å²) in [5.41, 5.74) is 11.6. The summed E-state index contributed by atoms with van der Waals surface area (Å²) in [6.45, 7) is 3.78. The molecule has 1 fully saturated rings. The third-order valence-corrected chi connectivity index (χ3v) is 4.97. The number of hydrogen-bond acceptors (Lipinski definition) is 5. The van der Waals surface area contributed by atoms with E-state index >= 15 is 0 Å². The van der Waals surface area contributed by atoms with Crippen molar-refractivity contribution < 1.29 is 9.63 Å². The van der Waals surface area contributed by atoms with Crippen LogP contribution in [0.1, 0.15) is 42.0 Å². The number of nitrogens with two attached hydrogens (primary N) is 1. The third kappa shape index (κ3) is 3.82. The number of fused-ring (bicyclic) bond motifs is 1. The molecule has 6 nitrogen and oxygen atoms in total. The van der Waals surface area contributed by atoms with Crippen LogP contribution >= 0.6 is 11.6 Å². The van der Waals surface area contributed by atoms with Gasteiger partial charge in [-0.2, -0.15) is 0 Å². The van der Waals surface area contributed by atoms with E-state index < -0.39 is 6.09 Å². The average molecular weight is 397 g/mol. The van der Waals surface area contributed by atoms with Gasteiger partial charge >= 0.3 is 6.09 Å². The number of nitrogens with zero attached hydrogens (tertiary/aromatic N) is 2. The van der Waals surface area contributed by atoms with Gasteiger partial charge in [-0.25, -0.2) is 4.79 Å². The predicted octanol–water partition coefficient (Wildman–Crippen LogP) is 4.46. The van der Waals surface area contributed by atoms with Crippen LogP contribution in [0.2, 0.25) is 5.02 Å². The Labute approximate surface area is 168 Å². The molecule has 4 rings (SSSR count). The number of nitrogen functional groups attached to an aromatic ring is 1. The minimum Gasteiger partial charge on any atom is -0.399 e. The molecule has 0 unspecified atom stereocenters. The van der Waals surface area contributed by atoms with Crippen molar-refractivity contribution in [3.63, 3.8) is 0 Å². The fourth-order valence-electron chi connectivity index (χ4n) is 2.99. The number of hydrogen-bond donors (Lipinski definition) is 2. The first-order chi connectivity index (χ1) is 13.4. The maximum Gasteiger partial charge on any atom is 0.433 e. The van der Waals surface area contributed by atoms with Gasteiger partial charge in [0.1, 0.15) is 5.71 Å². The van der Waals surface area contributed by atoms with E-state index in [1.54, 1.807) is 0 Å². The molecule has 2 aromatic rings. The highest BCUT2D eigenvalue weighted by Crippen LogP contribution is 2.28. The number of carbonyl (C=O) groups excluding carboxylic acids is 1. The molecule has 3 N–H and O–H groups in total. The number of nitrogens with one attached hydrogen (secondary N) is 1. The van der Waals surface area contributed by atoms with Crippen molar-refractivity contribution in [2.24, 2.45) is 5.10 Å². The summed E-state index contributed by atoms with van der Waals surface area (Å²) in [4.78, 5) is 17.7. The lowest BCUT2D eigenvalue weighted by Crippen LogP contribution is -2.32. The zero-order valence-corrected chi connectivity index (χ0v) is 16.5. The molecule has 1 amide bonds. The number of rotatable bonds is 3. The maximum absolute atomic E-state index is 12.2. The lowest BCUT2D eigenvalue weighted by Gasteiger charge is -2.18. The van der Waals surface area contributed by atoms with Crippen molar-refractivity contribution in [3.05, 3.63) is 69.4 Å². The summed E-state index contributed by atoms with van der Waals surface area (Å²) in [6.07, 6.45) is 3.35. The molecule has 0 spiro atoms. The molecular formula is C21H21ClN4O2. The number of anilines is 1. The second-order valence-corrected chi connectivity index (χ2v) is 7.54. The van der Waals surface area contributed by atoms with E-state index in [1.165, 1.54) is 5.17 Å².